The van der Waals surface area contributed by atoms with Crippen molar-refractivity contribution in [1.82, 2.24) is 0 Å². The van der Waals surface area contributed by atoms with Crippen LogP contribution in [0.25, 0.3) is 5.57 Å². The maximum Gasteiger partial charge on any atom is 0.307 e. The molecule has 0 unspecified atom stereocenters. The lowest BCUT2D eigenvalue weighted by molar-refractivity contribution is -0.135. The van der Waals surface area contributed by atoms with Gasteiger partial charge in [0.15, 0.2) is 0 Å². The van der Waals surface area contributed by atoms with Gasteiger partial charge in [0.1, 0.15) is 0 Å². The Balaban J connectivity index is 2.19. The number of carboxylic acid groups (broad SMARTS) is 1. The first kappa shape index (κ1) is 13.0. The molecule has 0 radical (unpaired) electrons. The lowest BCUT2D eigenvalue weighted by atomic mass is 9.93. The smallest absolute Gasteiger partial charge is 0.307 e. The van der Waals surface area contributed by atoms with Crippen molar-refractivity contribution in [3.63, 3.8) is 0 Å². The van der Waals surface area contributed by atoms with Crippen LogP contribution < -0.4 is 0 Å². The molecular formula is C17H14O2S. The van der Waals surface area contributed by atoms with Crippen LogP contribution in [-0.4, -0.2) is 11.1 Å². The summed E-state index contributed by atoms with van der Waals surface area (Å²) in [6, 6.07) is 16.4. The van der Waals surface area contributed by atoms with Crippen molar-refractivity contribution in [3.8, 4) is 0 Å². The van der Waals surface area contributed by atoms with Gasteiger partial charge >= 0.3 is 5.97 Å². The second kappa shape index (κ2) is 5.55. The molecule has 1 aliphatic rings. The van der Waals surface area contributed by atoms with Crippen molar-refractivity contribution < 1.29 is 9.90 Å². The maximum absolute atomic E-state index is 10.9. The third-order valence-electron chi connectivity index (χ3n) is 3.35. The van der Waals surface area contributed by atoms with E-state index in [1.54, 1.807) is 11.8 Å². The number of hydrogen-bond donors (Lipinski definition) is 1. The second-order valence-electron chi connectivity index (χ2n) is 4.66. The Morgan fingerprint density at radius 3 is 2.60 bits per heavy atom. The van der Waals surface area contributed by atoms with E-state index in [9.17, 15) is 4.79 Å². The number of hydrogen-bond acceptors (Lipinski definition) is 2. The highest BCUT2D eigenvalue weighted by atomic mass is 32.2. The van der Waals surface area contributed by atoms with Gasteiger partial charge in [-0.2, -0.15) is 0 Å². The van der Waals surface area contributed by atoms with Gasteiger partial charge in [-0.3, -0.25) is 4.79 Å². The average molecular weight is 282 g/mol. The number of rotatable bonds is 2. The van der Waals surface area contributed by atoms with E-state index >= 15 is 0 Å². The largest absolute Gasteiger partial charge is 0.481 e. The zero-order valence-corrected chi connectivity index (χ0v) is 11.7. The number of aliphatic carboxylic acids is 1. The summed E-state index contributed by atoms with van der Waals surface area (Å²) >= 11 is 1.80. The Hall–Kier alpha value is -2.00. The number of fused-ring (bicyclic) bond motifs is 2. The number of benzene rings is 2. The van der Waals surface area contributed by atoms with E-state index in [2.05, 4.69) is 24.3 Å². The van der Waals surface area contributed by atoms with E-state index in [4.69, 9.17) is 5.11 Å². The van der Waals surface area contributed by atoms with Crippen LogP contribution in [-0.2, 0) is 10.5 Å². The Labute approximate surface area is 122 Å². The predicted molar refractivity (Wildman–Crippen MR) is 81.8 cm³/mol. The number of thioether (sulfide) groups is 1. The number of carbonyl (C=O) groups is 1. The molecule has 0 fully saturated rings. The maximum atomic E-state index is 10.9. The zero-order chi connectivity index (χ0) is 13.9. The van der Waals surface area contributed by atoms with Crippen molar-refractivity contribution in [3.05, 3.63) is 71.3 Å². The minimum atomic E-state index is -0.802. The van der Waals surface area contributed by atoms with E-state index in [0.29, 0.717) is 0 Å². The van der Waals surface area contributed by atoms with Crippen molar-refractivity contribution >= 4 is 23.3 Å². The fourth-order valence-corrected chi connectivity index (χ4v) is 3.50. The molecule has 0 amide bonds. The highest BCUT2D eigenvalue weighted by Crippen LogP contribution is 2.39. The van der Waals surface area contributed by atoms with Crippen molar-refractivity contribution in [2.75, 3.05) is 0 Å². The molecule has 0 saturated carbocycles. The third kappa shape index (κ3) is 2.49. The molecule has 100 valence electrons. The molecule has 2 aromatic carbocycles. The van der Waals surface area contributed by atoms with Gasteiger partial charge in [-0.25, -0.2) is 0 Å². The fraction of sp³-hybridized carbons (Fsp3) is 0.118. The molecule has 2 aromatic rings. The van der Waals surface area contributed by atoms with Gasteiger partial charge in [-0.05, 0) is 28.3 Å². The summed E-state index contributed by atoms with van der Waals surface area (Å²) in [6.45, 7) is 0. The Morgan fingerprint density at radius 1 is 1.10 bits per heavy atom. The summed E-state index contributed by atoms with van der Waals surface area (Å²) in [5.41, 5.74) is 4.56. The van der Waals surface area contributed by atoms with Crippen LogP contribution in [0.3, 0.4) is 0 Å². The molecule has 0 atom stereocenters. The van der Waals surface area contributed by atoms with Crippen LogP contribution in [0.5, 0.6) is 0 Å². The van der Waals surface area contributed by atoms with Crippen LogP contribution >= 0.6 is 11.8 Å². The van der Waals surface area contributed by atoms with Crippen LogP contribution in [0.15, 0.2) is 59.5 Å². The second-order valence-corrected chi connectivity index (χ2v) is 5.67. The van der Waals surface area contributed by atoms with Gasteiger partial charge < -0.3 is 5.11 Å². The fourth-order valence-electron chi connectivity index (χ4n) is 2.43. The molecule has 1 heterocycles. The molecule has 0 aliphatic carbocycles. The zero-order valence-electron chi connectivity index (χ0n) is 10.9. The molecule has 0 bridgehead atoms. The van der Waals surface area contributed by atoms with Gasteiger partial charge in [-0.1, -0.05) is 48.5 Å². The summed E-state index contributed by atoms with van der Waals surface area (Å²) in [5, 5.41) is 8.96. The summed E-state index contributed by atoms with van der Waals surface area (Å²) in [4.78, 5) is 12.1. The predicted octanol–water partition coefficient (Wildman–Crippen LogP) is 4.20. The van der Waals surface area contributed by atoms with E-state index < -0.39 is 5.97 Å². The summed E-state index contributed by atoms with van der Waals surface area (Å²) in [7, 11) is 0. The van der Waals surface area contributed by atoms with E-state index in [1.165, 1.54) is 10.5 Å². The first-order valence-corrected chi connectivity index (χ1v) is 7.46. The van der Waals surface area contributed by atoms with Gasteiger partial charge in [0.05, 0.1) is 6.42 Å². The molecule has 1 aliphatic heterocycles. The van der Waals surface area contributed by atoms with Crippen molar-refractivity contribution in [2.24, 2.45) is 0 Å². The molecule has 0 aromatic heterocycles. The Bertz CT molecular complexity index is 639. The van der Waals surface area contributed by atoms with E-state index in [1.807, 2.05) is 30.3 Å². The van der Waals surface area contributed by atoms with Crippen LogP contribution in [0, 0.1) is 0 Å². The summed E-state index contributed by atoms with van der Waals surface area (Å²) < 4.78 is 0. The topological polar surface area (TPSA) is 37.3 Å². The lowest BCUT2D eigenvalue weighted by Crippen LogP contribution is -1.95. The molecule has 2 nitrogen and oxygen atoms in total. The lowest BCUT2D eigenvalue weighted by Gasteiger charge is -2.10. The summed E-state index contributed by atoms with van der Waals surface area (Å²) in [6.07, 6.45) is 1.87. The molecule has 3 rings (SSSR count). The van der Waals surface area contributed by atoms with Crippen LogP contribution in [0.1, 0.15) is 23.1 Å². The highest BCUT2D eigenvalue weighted by molar-refractivity contribution is 7.98. The Kier molecular flexibility index (Phi) is 3.61. The van der Waals surface area contributed by atoms with Crippen molar-refractivity contribution in [2.45, 2.75) is 17.1 Å². The minimum absolute atomic E-state index is 0.0443. The van der Waals surface area contributed by atoms with Crippen molar-refractivity contribution in [1.29, 1.82) is 0 Å². The standard InChI is InChI=1S/C17H14O2S/c18-17(19)10-9-14-13-6-2-1-5-12(13)11-20-16-8-4-3-7-15(14)16/h1-9H,10-11H2,(H,18,19)/b14-9+. The summed E-state index contributed by atoms with van der Waals surface area (Å²) in [5.74, 6) is 0.113. The quantitative estimate of drug-likeness (QED) is 0.897. The molecular weight excluding hydrogens is 268 g/mol. The van der Waals surface area contributed by atoms with Gasteiger partial charge in [0.25, 0.3) is 0 Å². The first-order valence-electron chi connectivity index (χ1n) is 6.48. The third-order valence-corrected chi connectivity index (χ3v) is 4.47. The monoisotopic (exact) mass is 282 g/mol. The molecule has 1 N–H and O–H groups in total. The average Bonchev–Trinajstić information content (AvgIpc) is 2.62. The number of carboxylic acids is 1. The van der Waals surface area contributed by atoms with Crippen LogP contribution in [0.2, 0.25) is 0 Å². The molecule has 0 spiro atoms. The van der Waals surface area contributed by atoms with Gasteiger partial charge in [0, 0.05) is 10.6 Å². The molecule has 0 saturated heterocycles. The highest BCUT2D eigenvalue weighted by Gasteiger charge is 2.17. The van der Waals surface area contributed by atoms with Gasteiger partial charge in [0.2, 0.25) is 0 Å². The van der Waals surface area contributed by atoms with Crippen LogP contribution in [0.4, 0.5) is 0 Å². The molecule has 20 heavy (non-hydrogen) atoms. The van der Waals surface area contributed by atoms with Gasteiger partial charge in [-0.15, -0.1) is 11.8 Å². The molecule has 3 heteroatoms. The minimum Gasteiger partial charge on any atom is -0.481 e. The SMILES string of the molecule is O=C(O)C/C=C1\c2ccccc2CSc2ccccc21. The normalized spacial score (nSPS) is 15.3. The van der Waals surface area contributed by atoms with E-state index in [-0.39, 0.29) is 6.42 Å². The first-order chi connectivity index (χ1) is 9.75. The Morgan fingerprint density at radius 2 is 1.80 bits per heavy atom. The van der Waals surface area contributed by atoms with E-state index in [0.717, 1.165) is 22.5 Å².